The van der Waals surface area contributed by atoms with Crippen molar-refractivity contribution in [2.24, 2.45) is 0 Å². The molecule has 0 bridgehead atoms. The first-order valence-corrected chi connectivity index (χ1v) is 13.5. The minimum atomic E-state index is -0.00529. The van der Waals surface area contributed by atoms with E-state index in [1.54, 1.807) is 97.1 Å². The number of phenols is 4. The van der Waals surface area contributed by atoms with Crippen LogP contribution >= 0.6 is 0 Å². The van der Waals surface area contributed by atoms with Crippen molar-refractivity contribution in [2.75, 3.05) is 0 Å². The molecule has 0 saturated heterocycles. The van der Waals surface area contributed by atoms with Gasteiger partial charge >= 0.3 is 0 Å². The van der Waals surface area contributed by atoms with E-state index in [0.29, 0.717) is 57.1 Å². The summed E-state index contributed by atoms with van der Waals surface area (Å²) < 4.78 is 24.1. The fraction of sp³-hybridized carbons (Fsp3) is 0. The summed E-state index contributed by atoms with van der Waals surface area (Å²) in [4.78, 5) is 0. The van der Waals surface area contributed by atoms with Crippen molar-refractivity contribution < 1.29 is 39.4 Å². The first-order chi connectivity index (χ1) is 21.4. The third kappa shape index (κ3) is 6.78. The molecule has 0 atom stereocenters. The van der Waals surface area contributed by atoms with Gasteiger partial charge < -0.3 is 39.4 Å². The molecule has 0 heterocycles. The van der Waals surface area contributed by atoms with Crippen LogP contribution in [0, 0.1) is 0 Å². The average molecular weight is 587 g/mol. The van der Waals surface area contributed by atoms with E-state index in [4.69, 9.17) is 18.9 Å². The summed E-state index contributed by atoms with van der Waals surface area (Å²) in [6.45, 7) is 0. The van der Waals surface area contributed by atoms with Gasteiger partial charge in [-0.15, -0.1) is 0 Å². The Bertz CT molecular complexity index is 1900. The molecular formula is C36H26O8. The van der Waals surface area contributed by atoms with Crippen LogP contribution in [0.5, 0.6) is 69.0 Å². The molecule has 0 aliphatic rings. The van der Waals surface area contributed by atoms with Crippen LogP contribution in [0.25, 0.3) is 11.1 Å². The van der Waals surface area contributed by atoms with Gasteiger partial charge in [-0.25, -0.2) is 0 Å². The highest BCUT2D eigenvalue weighted by molar-refractivity contribution is 5.78. The van der Waals surface area contributed by atoms with Crippen molar-refractivity contribution in [1.29, 1.82) is 0 Å². The minimum Gasteiger partial charge on any atom is -0.508 e. The summed E-state index contributed by atoms with van der Waals surface area (Å²) in [6, 6.07) is 36.2. The van der Waals surface area contributed by atoms with Crippen LogP contribution in [0.1, 0.15) is 0 Å². The second kappa shape index (κ2) is 12.3. The van der Waals surface area contributed by atoms with Crippen molar-refractivity contribution in [1.82, 2.24) is 0 Å². The summed E-state index contributed by atoms with van der Waals surface area (Å²) in [5.41, 5.74) is 1.08. The topological polar surface area (TPSA) is 118 Å². The second-order valence-electron chi connectivity index (χ2n) is 9.71. The predicted molar refractivity (Wildman–Crippen MR) is 165 cm³/mol. The van der Waals surface area contributed by atoms with Crippen LogP contribution < -0.4 is 18.9 Å². The Morgan fingerprint density at radius 1 is 0.295 bits per heavy atom. The molecule has 8 heteroatoms. The van der Waals surface area contributed by atoms with Crippen molar-refractivity contribution >= 4 is 0 Å². The number of ether oxygens (including phenoxy) is 4. The lowest BCUT2D eigenvalue weighted by molar-refractivity contribution is 0.447. The Balaban J connectivity index is 1.26. The lowest BCUT2D eigenvalue weighted by atomic mass is 10.0. The van der Waals surface area contributed by atoms with E-state index < -0.39 is 0 Å². The summed E-state index contributed by atoms with van der Waals surface area (Å²) in [5, 5.41) is 39.9. The van der Waals surface area contributed by atoms with Gasteiger partial charge in [0.25, 0.3) is 0 Å². The van der Waals surface area contributed by atoms with Gasteiger partial charge in [0.1, 0.15) is 69.0 Å². The van der Waals surface area contributed by atoms with Crippen LogP contribution in [0.4, 0.5) is 0 Å². The largest absolute Gasteiger partial charge is 0.508 e. The van der Waals surface area contributed by atoms with Gasteiger partial charge in [-0.1, -0.05) is 12.1 Å². The van der Waals surface area contributed by atoms with E-state index in [0.717, 1.165) is 0 Å². The number of aromatic hydroxyl groups is 4. The molecule has 6 rings (SSSR count). The third-order valence-corrected chi connectivity index (χ3v) is 6.43. The van der Waals surface area contributed by atoms with Crippen molar-refractivity contribution in [3.63, 3.8) is 0 Å². The molecule has 0 aliphatic carbocycles. The maximum absolute atomic E-state index is 10.4. The average Bonchev–Trinajstić information content (AvgIpc) is 3.01. The molecule has 0 aliphatic heterocycles. The fourth-order valence-corrected chi connectivity index (χ4v) is 4.40. The van der Waals surface area contributed by atoms with Crippen molar-refractivity contribution in [2.45, 2.75) is 0 Å². The van der Waals surface area contributed by atoms with E-state index in [1.807, 2.05) is 0 Å². The number of rotatable bonds is 9. The Morgan fingerprint density at radius 3 is 1.45 bits per heavy atom. The molecule has 6 aromatic carbocycles. The Kier molecular flexibility index (Phi) is 7.79. The lowest BCUT2D eigenvalue weighted by Crippen LogP contribution is -1.93. The molecule has 4 N–H and O–H groups in total. The highest BCUT2D eigenvalue weighted by atomic mass is 16.5. The van der Waals surface area contributed by atoms with Gasteiger partial charge in [0.15, 0.2) is 0 Å². The van der Waals surface area contributed by atoms with E-state index in [1.165, 1.54) is 36.4 Å². The molecule has 0 fully saturated rings. The lowest BCUT2D eigenvalue weighted by Gasteiger charge is -2.16. The summed E-state index contributed by atoms with van der Waals surface area (Å²) in [6.07, 6.45) is 0. The molecule has 6 aromatic rings. The first kappa shape index (κ1) is 27.9. The van der Waals surface area contributed by atoms with Crippen LogP contribution in [-0.2, 0) is 0 Å². The molecule has 0 unspecified atom stereocenters. The Morgan fingerprint density at radius 2 is 0.773 bits per heavy atom. The smallest absolute Gasteiger partial charge is 0.139 e. The Labute approximate surface area is 252 Å². The normalized spacial score (nSPS) is 10.6. The zero-order chi connectivity index (χ0) is 30.5. The zero-order valence-electron chi connectivity index (χ0n) is 23.1. The van der Waals surface area contributed by atoms with E-state index >= 15 is 0 Å². The second-order valence-corrected chi connectivity index (χ2v) is 9.71. The molecule has 0 amide bonds. The van der Waals surface area contributed by atoms with E-state index in [2.05, 4.69) is 0 Å². The monoisotopic (exact) mass is 586 g/mol. The first-order valence-electron chi connectivity index (χ1n) is 13.5. The highest BCUT2D eigenvalue weighted by Crippen LogP contribution is 2.43. The van der Waals surface area contributed by atoms with Gasteiger partial charge in [-0.3, -0.25) is 0 Å². The van der Waals surface area contributed by atoms with E-state index in [9.17, 15) is 20.4 Å². The maximum Gasteiger partial charge on any atom is 0.139 e. The molecule has 0 saturated carbocycles. The van der Waals surface area contributed by atoms with Gasteiger partial charge in [-0.05, 0) is 103 Å². The molecule has 44 heavy (non-hydrogen) atoms. The van der Waals surface area contributed by atoms with Gasteiger partial charge in [-0.2, -0.15) is 0 Å². The third-order valence-electron chi connectivity index (χ3n) is 6.43. The van der Waals surface area contributed by atoms with Crippen LogP contribution in [-0.4, -0.2) is 20.4 Å². The van der Waals surface area contributed by atoms with Gasteiger partial charge in [0.2, 0.25) is 0 Å². The number of hydrogen-bond acceptors (Lipinski definition) is 8. The molecule has 0 radical (unpaired) electrons. The van der Waals surface area contributed by atoms with Crippen LogP contribution in [0.2, 0.25) is 0 Å². The number of phenolic OH excluding ortho intramolecular Hbond substituents is 4. The molecule has 8 nitrogen and oxygen atoms in total. The molecule has 0 spiro atoms. The molecule has 218 valence electrons. The van der Waals surface area contributed by atoms with E-state index in [-0.39, 0.29) is 23.0 Å². The fourth-order valence-electron chi connectivity index (χ4n) is 4.40. The van der Waals surface area contributed by atoms with Crippen LogP contribution in [0.15, 0.2) is 133 Å². The summed E-state index contributed by atoms with van der Waals surface area (Å²) in [5.74, 6) is 4.07. The Hall–Kier alpha value is -6.28. The highest BCUT2D eigenvalue weighted by Gasteiger charge is 2.16. The maximum atomic E-state index is 10.4. The number of benzene rings is 6. The van der Waals surface area contributed by atoms with Crippen LogP contribution in [0.3, 0.4) is 0 Å². The standard InChI is InChI=1S/C36H26O8/c37-23-7-11-27(12-8-23)42-31-5-2-6-32(22-31)44-35-18-10-25(39)20-34(35)33-17-9-26(40)21-36(33)43-29-15-13-28(14-16-29)41-30-4-1-3-24(38)19-30/h1-22,37-40H. The molecular weight excluding hydrogens is 560 g/mol. The molecule has 0 aromatic heterocycles. The van der Waals surface area contributed by atoms with Crippen molar-refractivity contribution in [3.05, 3.63) is 133 Å². The summed E-state index contributed by atoms with van der Waals surface area (Å²) >= 11 is 0. The predicted octanol–water partition coefficient (Wildman–Crippen LogP) is 9.35. The van der Waals surface area contributed by atoms with Gasteiger partial charge in [0, 0.05) is 29.3 Å². The SMILES string of the molecule is Oc1ccc(Oc2cccc(Oc3ccc(O)cc3-c3ccc(O)cc3Oc3ccc(Oc4cccc(O)c4)cc3)c2)cc1. The number of hydrogen-bond donors (Lipinski definition) is 4. The zero-order valence-corrected chi connectivity index (χ0v) is 23.1. The summed E-state index contributed by atoms with van der Waals surface area (Å²) in [7, 11) is 0. The minimum absolute atomic E-state index is 0.00529. The quantitative estimate of drug-likeness (QED) is 0.132. The van der Waals surface area contributed by atoms with Gasteiger partial charge in [0.05, 0.1) is 0 Å². The van der Waals surface area contributed by atoms with Crippen molar-refractivity contribution in [3.8, 4) is 80.1 Å².